The Morgan fingerprint density at radius 2 is 1.65 bits per heavy atom. The summed E-state index contributed by atoms with van der Waals surface area (Å²) in [5, 5.41) is 0. The van der Waals surface area contributed by atoms with E-state index < -0.39 is 0 Å². The maximum atomic E-state index is 12.3. The molecule has 0 bridgehead atoms. The second kappa shape index (κ2) is 4.84. The van der Waals surface area contributed by atoms with Crippen LogP contribution >= 0.6 is 15.9 Å². The van der Waals surface area contributed by atoms with Crippen LogP contribution in [0.3, 0.4) is 0 Å². The van der Waals surface area contributed by atoms with E-state index in [1.807, 2.05) is 56.3 Å². The number of halogens is 1. The van der Waals surface area contributed by atoms with Crippen molar-refractivity contribution in [2.24, 2.45) is 0 Å². The Hall–Kier alpha value is -1.41. The minimum Gasteiger partial charge on any atom is -0.289 e. The maximum Gasteiger partial charge on any atom is 0.193 e. The van der Waals surface area contributed by atoms with Crippen molar-refractivity contribution in [3.8, 4) is 0 Å². The molecule has 1 nitrogen and oxygen atoms in total. The first-order valence-electron chi connectivity index (χ1n) is 5.46. The van der Waals surface area contributed by atoms with Gasteiger partial charge < -0.3 is 0 Å². The van der Waals surface area contributed by atoms with Gasteiger partial charge in [0.25, 0.3) is 0 Å². The summed E-state index contributed by atoms with van der Waals surface area (Å²) in [5.74, 6) is 0.0730. The van der Waals surface area contributed by atoms with Gasteiger partial charge in [0.05, 0.1) is 0 Å². The van der Waals surface area contributed by atoms with E-state index in [1.54, 1.807) is 0 Å². The lowest BCUT2D eigenvalue weighted by molar-refractivity contribution is 0.103. The lowest BCUT2D eigenvalue weighted by Crippen LogP contribution is -2.04. The lowest BCUT2D eigenvalue weighted by Gasteiger charge is -2.09. The number of benzene rings is 2. The summed E-state index contributed by atoms with van der Waals surface area (Å²) in [5.41, 5.74) is 3.63. The Balaban J connectivity index is 2.49. The number of carbonyl (C=O) groups excluding carboxylic acids is 1. The van der Waals surface area contributed by atoms with Crippen LogP contribution in [0.1, 0.15) is 27.0 Å². The zero-order valence-corrected chi connectivity index (χ0v) is 11.4. The van der Waals surface area contributed by atoms with Gasteiger partial charge >= 0.3 is 0 Å². The predicted octanol–water partition coefficient (Wildman–Crippen LogP) is 4.30. The fourth-order valence-corrected chi connectivity index (χ4v) is 2.16. The number of hydrogen-bond acceptors (Lipinski definition) is 1. The third-order valence-corrected chi connectivity index (χ3v) is 4.08. The minimum absolute atomic E-state index is 0.0730. The molecule has 0 N–H and O–H groups in total. The molecule has 0 saturated carbocycles. The lowest BCUT2D eigenvalue weighted by atomic mass is 9.98. The van der Waals surface area contributed by atoms with Crippen molar-refractivity contribution in [3.05, 3.63) is 69.2 Å². The van der Waals surface area contributed by atoms with Crippen LogP contribution in [0.5, 0.6) is 0 Å². The maximum absolute atomic E-state index is 12.3. The molecule has 0 aliphatic rings. The molecular weight excluding hydrogens is 276 g/mol. The number of hydrogen-bond donors (Lipinski definition) is 0. The van der Waals surface area contributed by atoms with E-state index in [9.17, 15) is 4.79 Å². The summed E-state index contributed by atoms with van der Waals surface area (Å²) in [6, 6.07) is 13.2. The van der Waals surface area contributed by atoms with Gasteiger partial charge in [-0.15, -0.1) is 0 Å². The molecule has 0 unspecified atom stereocenters. The Morgan fingerprint density at radius 1 is 1.00 bits per heavy atom. The molecule has 0 aliphatic heterocycles. The monoisotopic (exact) mass is 288 g/mol. The summed E-state index contributed by atoms with van der Waals surface area (Å²) in [6.45, 7) is 3.99. The van der Waals surface area contributed by atoms with Gasteiger partial charge in [0.1, 0.15) is 0 Å². The van der Waals surface area contributed by atoms with E-state index in [0.717, 1.165) is 26.7 Å². The summed E-state index contributed by atoms with van der Waals surface area (Å²) in [4.78, 5) is 12.3. The van der Waals surface area contributed by atoms with Crippen molar-refractivity contribution in [2.75, 3.05) is 0 Å². The molecule has 0 heterocycles. The van der Waals surface area contributed by atoms with E-state index in [1.165, 1.54) is 0 Å². The Morgan fingerprint density at radius 3 is 2.29 bits per heavy atom. The summed E-state index contributed by atoms with van der Waals surface area (Å²) in [6.07, 6.45) is 0. The van der Waals surface area contributed by atoms with Crippen molar-refractivity contribution in [1.82, 2.24) is 0 Å². The van der Waals surface area contributed by atoms with Crippen molar-refractivity contribution in [3.63, 3.8) is 0 Å². The molecule has 86 valence electrons. The van der Waals surface area contributed by atoms with Crippen molar-refractivity contribution >= 4 is 21.7 Å². The molecule has 0 saturated heterocycles. The SMILES string of the molecule is Cc1ccc(C(=O)c2ccccc2)c(C)c1Br. The van der Waals surface area contributed by atoms with Gasteiger partial charge in [-0.05, 0) is 25.0 Å². The number of rotatable bonds is 2. The van der Waals surface area contributed by atoms with Crippen LogP contribution in [0.15, 0.2) is 46.9 Å². The number of aryl methyl sites for hydroxylation is 1. The van der Waals surface area contributed by atoms with Crippen LogP contribution in [0.4, 0.5) is 0 Å². The highest BCUT2D eigenvalue weighted by Crippen LogP contribution is 2.25. The molecular formula is C15H13BrO. The van der Waals surface area contributed by atoms with Crippen molar-refractivity contribution < 1.29 is 4.79 Å². The molecule has 0 amide bonds. The highest BCUT2D eigenvalue weighted by atomic mass is 79.9. The first-order valence-corrected chi connectivity index (χ1v) is 6.26. The van der Waals surface area contributed by atoms with E-state index in [0.29, 0.717) is 0 Å². The fraction of sp³-hybridized carbons (Fsp3) is 0.133. The zero-order valence-electron chi connectivity index (χ0n) is 9.83. The summed E-state index contributed by atoms with van der Waals surface area (Å²) < 4.78 is 1.01. The van der Waals surface area contributed by atoms with E-state index in [-0.39, 0.29) is 5.78 Å². The van der Waals surface area contributed by atoms with Gasteiger partial charge in [0, 0.05) is 15.6 Å². The number of ketones is 1. The van der Waals surface area contributed by atoms with Gasteiger partial charge in [-0.25, -0.2) is 0 Å². The Labute approximate surface area is 110 Å². The summed E-state index contributed by atoms with van der Waals surface area (Å²) in [7, 11) is 0. The first kappa shape index (κ1) is 12.1. The molecule has 0 spiro atoms. The molecule has 17 heavy (non-hydrogen) atoms. The molecule has 0 fully saturated rings. The second-order valence-corrected chi connectivity index (χ2v) is 4.86. The molecule has 0 aromatic heterocycles. The highest BCUT2D eigenvalue weighted by molar-refractivity contribution is 9.10. The van der Waals surface area contributed by atoms with Crippen LogP contribution in [-0.2, 0) is 0 Å². The topological polar surface area (TPSA) is 17.1 Å². The van der Waals surface area contributed by atoms with Crippen LogP contribution in [0, 0.1) is 13.8 Å². The molecule has 0 atom stereocenters. The Kier molecular flexibility index (Phi) is 3.43. The molecule has 2 aromatic rings. The zero-order chi connectivity index (χ0) is 12.4. The third kappa shape index (κ3) is 2.32. The molecule has 2 heteroatoms. The van der Waals surface area contributed by atoms with Crippen LogP contribution in [0.25, 0.3) is 0 Å². The van der Waals surface area contributed by atoms with Crippen LogP contribution in [-0.4, -0.2) is 5.78 Å². The third-order valence-electron chi connectivity index (χ3n) is 2.86. The predicted molar refractivity (Wildman–Crippen MR) is 73.5 cm³/mol. The molecule has 2 aromatic carbocycles. The van der Waals surface area contributed by atoms with E-state index in [2.05, 4.69) is 15.9 Å². The van der Waals surface area contributed by atoms with Crippen LogP contribution < -0.4 is 0 Å². The minimum atomic E-state index is 0.0730. The first-order chi connectivity index (χ1) is 8.11. The number of carbonyl (C=O) groups is 1. The van der Waals surface area contributed by atoms with Gasteiger partial charge in [0.15, 0.2) is 5.78 Å². The molecule has 0 aliphatic carbocycles. The highest BCUT2D eigenvalue weighted by Gasteiger charge is 2.13. The van der Waals surface area contributed by atoms with Crippen molar-refractivity contribution in [1.29, 1.82) is 0 Å². The fourth-order valence-electron chi connectivity index (χ4n) is 1.81. The normalized spacial score (nSPS) is 10.3. The van der Waals surface area contributed by atoms with E-state index in [4.69, 9.17) is 0 Å². The van der Waals surface area contributed by atoms with E-state index >= 15 is 0 Å². The smallest absolute Gasteiger partial charge is 0.193 e. The second-order valence-electron chi connectivity index (χ2n) is 4.06. The van der Waals surface area contributed by atoms with Gasteiger partial charge in [0.2, 0.25) is 0 Å². The van der Waals surface area contributed by atoms with Gasteiger partial charge in [-0.3, -0.25) is 4.79 Å². The van der Waals surface area contributed by atoms with Crippen molar-refractivity contribution in [2.45, 2.75) is 13.8 Å². The average Bonchev–Trinajstić information content (AvgIpc) is 2.36. The molecule has 2 rings (SSSR count). The quantitative estimate of drug-likeness (QED) is 0.753. The largest absolute Gasteiger partial charge is 0.289 e. The summed E-state index contributed by atoms with van der Waals surface area (Å²) >= 11 is 3.52. The Bertz CT molecular complexity index is 559. The van der Waals surface area contributed by atoms with Crippen LogP contribution in [0.2, 0.25) is 0 Å². The average molecular weight is 289 g/mol. The molecule has 0 radical (unpaired) electrons. The standard InChI is InChI=1S/C15H13BrO/c1-10-8-9-13(11(2)14(10)16)15(17)12-6-4-3-5-7-12/h3-9H,1-2H3. The van der Waals surface area contributed by atoms with Gasteiger partial charge in [-0.1, -0.05) is 58.4 Å². The van der Waals surface area contributed by atoms with Gasteiger partial charge in [-0.2, -0.15) is 0 Å².